The predicted molar refractivity (Wildman–Crippen MR) is 77.2 cm³/mol. The summed E-state index contributed by atoms with van der Waals surface area (Å²) in [6.45, 7) is 0.593. The molecule has 0 heterocycles. The second-order valence-corrected chi connectivity index (χ2v) is 5.54. The highest BCUT2D eigenvalue weighted by Crippen LogP contribution is 2.31. The first-order valence-corrected chi connectivity index (χ1v) is 6.34. The summed E-state index contributed by atoms with van der Waals surface area (Å²) in [6, 6.07) is 5.36. The largest absolute Gasteiger partial charge is 0.338 e. The van der Waals surface area contributed by atoms with Gasteiger partial charge in [0.2, 0.25) is 0 Å². The normalized spacial score (nSPS) is 13.4. The summed E-state index contributed by atoms with van der Waals surface area (Å²) >= 11 is 12.4. The van der Waals surface area contributed by atoms with Crippen molar-refractivity contribution in [3.8, 4) is 0 Å². The Hall–Kier alpha value is -0.810. The van der Waals surface area contributed by atoms with Crippen LogP contribution in [0.15, 0.2) is 18.2 Å². The van der Waals surface area contributed by atoms with Crippen molar-refractivity contribution in [2.75, 3.05) is 27.7 Å². The van der Waals surface area contributed by atoms with E-state index in [2.05, 4.69) is 5.32 Å². The first kappa shape index (κ1) is 15.2. The molecule has 0 aliphatic heterocycles. The van der Waals surface area contributed by atoms with Crippen molar-refractivity contribution in [1.82, 2.24) is 5.32 Å². The molecule has 6 heteroatoms. The number of benzene rings is 1. The third kappa shape index (κ3) is 3.36. The third-order valence-electron chi connectivity index (χ3n) is 2.99. The molecule has 1 unspecified atom stereocenters. The summed E-state index contributed by atoms with van der Waals surface area (Å²) in [7, 11) is 5.58. The second kappa shape index (κ2) is 5.89. The van der Waals surface area contributed by atoms with E-state index < -0.39 is 0 Å². The van der Waals surface area contributed by atoms with Gasteiger partial charge in [0.25, 0.3) is 5.96 Å². The van der Waals surface area contributed by atoms with E-state index in [1.54, 1.807) is 12.1 Å². The molecule has 0 amide bonds. The number of hydrogen-bond acceptors (Lipinski definition) is 2. The SMILES string of the molecule is CNC(C[N+](C)(C)C(=N)N)c1c(Cl)cccc1Cl. The molecule has 1 atom stereocenters. The third-order valence-corrected chi connectivity index (χ3v) is 3.65. The summed E-state index contributed by atoms with van der Waals surface area (Å²) < 4.78 is 0.271. The van der Waals surface area contributed by atoms with Gasteiger partial charge in [-0.15, -0.1) is 0 Å². The van der Waals surface area contributed by atoms with Crippen LogP contribution >= 0.6 is 23.2 Å². The van der Waals surface area contributed by atoms with E-state index in [9.17, 15) is 0 Å². The van der Waals surface area contributed by atoms with Crippen molar-refractivity contribution in [2.45, 2.75) is 6.04 Å². The van der Waals surface area contributed by atoms with Gasteiger partial charge in [0.05, 0.1) is 20.1 Å². The number of quaternary nitrogens is 1. The van der Waals surface area contributed by atoms with Gasteiger partial charge in [0, 0.05) is 15.6 Å². The zero-order valence-corrected chi connectivity index (χ0v) is 12.3. The van der Waals surface area contributed by atoms with Crippen LogP contribution in [0, 0.1) is 5.41 Å². The number of nitrogens with two attached hydrogens (primary N) is 1. The Labute approximate surface area is 118 Å². The van der Waals surface area contributed by atoms with Gasteiger partial charge in [-0.3, -0.25) is 4.48 Å². The molecular weight excluding hydrogens is 271 g/mol. The number of rotatable bonds is 4. The molecule has 0 fully saturated rings. The van der Waals surface area contributed by atoms with Gasteiger partial charge in [-0.25, -0.2) is 5.41 Å². The van der Waals surface area contributed by atoms with Gasteiger partial charge in [-0.05, 0) is 19.2 Å². The Morgan fingerprint density at radius 1 is 1.39 bits per heavy atom. The van der Waals surface area contributed by atoms with Crippen LogP contribution in [0.4, 0.5) is 0 Å². The molecule has 4 N–H and O–H groups in total. The number of nitrogens with one attached hydrogen (secondary N) is 2. The number of likely N-dealkylation sites (N-methyl/N-ethyl adjacent to an activating group) is 2. The molecule has 4 nitrogen and oxygen atoms in total. The molecule has 0 aromatic heterocycles. The van der Waals surface area contributed by atoms with Crippen molar-refractivity contribution >= 4 is 29.2 Å². The topological polar surface area (TPSA) is 61.9 Å². The molecule has 1 aromatic rings. The lowest BCUT2D eigenvalue weighted by atomic mass is 10.1. The molecule has 0 aliphatic carbocycles. The maximum Gasteiger partial charge on any atom is 0.291 e. The first-order valence-electron chi connectivity index (χ1n) is 5.58. The average molecular weight is 290 g/mol. The average Bonchev–Trinajstić information content (AvgIpc) is 2.26. The molecule has 18 heavy (non-hydrogen) atoms. The molecule has 0 spiro atoms. The van der Waals surface area contributed by atoms with Crippen molar-refractivity contribution in [2.24, 2.45) is 5.73 Å². The number of guanidine groups is 1. The van der Waals surface area contributed by atoms with Gasteiger partial charge in [-0.1, -0.05) is 29.3 Å². The molecule has 100 valence electrons. The van der Waals surface area contributed by atoms with Crippen LogP contribution in [-0.4, -0.2) is 38.1 Å². The van der Waals surface area contributed by atoms with E-state index in [-0.39, 0.29) is 16.5 Å². The van der Waals surface area contributed by atoms with Gasteiger partial charge >= 0.3 is 0 Å². The number of halogens is 2. The summed E-state index contributed by atoms with van der Waals surface area (Å²) in [5.41, 5.74) is 6.43. The molecule has 0 saturated heterocycles. The Kier molecular flexibility index (Phi) is 4.99. The van der Waals surface area contributed by atoms with E-state index in [1.165, 1.54) is 0 Å². The van der Waals surface area contributed by atoms with E-state index in [0.717, 1.165) is 5.56 Å². The minimum Gasteiger partial charge on any atom is -0.338 e. The minimum absolute atomic E-state index is 0.0647. The van der Waals surface area contributed by atoms with Crippen LogP contribution in [0.2, 0.25) is 10.0 Å². The standard InChI is InChI=1S/C12H19Cl2N4/c1-17-10(7-18(2,3)12(15)16)11-8(13)5-4-6-9(11)14/h4-6,10,17H,7H2,1-3H3,(H3,15,16)/q+1. The Morgan fingerprint density at radius 3 is 2.28 bits per heavy atom. The van der Waals surface area contributed by atoms with Crippen LogP contribution in [0.3, 0.4) is 0 Å². The van der Waals surface area contributed by atoms with Gasteiger partial charge in [-0.2, -0.15) is 0 Å². The molecular formula is C12H19Cl2N4+. The smallest absolute Gasteiger partial charge is 0.291 e. The lowest BCUT2D eigenvalue weighted by molar-refractivity contribution is -0.803. The molecule has 1 aromatic carbocycles. The highest BCUT2D eigenvalue weighted by molar-refractivity contribution is 6.36. The number of hydrogen-bond donors (Lipinski definition) is 3. The fourth-order valence-electron chi connectivity index (χ4n) is 1.73. The molecule has 0 aliphatic rings. The van der Waals surface area contributed by atoms with Crippen molar-refractivity contribution in [1.29, 1.82) is 5.41 Å². The fraction of sp³-hybridized carbons (Fsp3) is 0.417. The number of nitrogens with zero attached hydrogens (tertiary/aromatic N) is 1. The summed E-state index contributed by atoms with van der Waals surface area (Å²) in [5, 5.41) is 12.0. The van der Waals surface area contributed by atoms with Crippen molar-refractivity contribution < 1.29 is 4.48 Å². The van der Waals surface area contributed by atoms with Gasteiger partial charge in [0.15, 0.2) is 0 Å². The highest BCUT2D eigenvalue weighted by Gasteiger charge is 2.28. The fourth-order valence-corrected chi connectivity index (χ4v) is 2.39. The zero-order chi connectivity index (χ0) is 13.9. The van der Waals surface area contributed by atoms with Crippen molar-refractivity contribution in [3.05, 3.63) is 33.8 Å². The highest BCUT2D eigenvalue weighted by atomic mass is 35.5. The quantitative estimate of drug-likeness (QED) is 0.452. The molecule has 0 bridgehead atoms. The molecule has 1 rings (SSSR count). The van der Waals surface area contributed by atoms with Crippen molar-refractivity contribution in [3.63, 3.8) is 0 Å². The van der Waals surface area contributed by atoms with Crippen LogP contribution in [0.5, 0.6) is 0 Å². The van der Waals surface area contributed by atoms with Gasteiger partial charge in [0.1, 0.15) is 6.54 Å². The lowest BCUT2D eigenvalue weighted by Gasteiger charge is -2.31. The van der Waals surface area contributed by atoms with E-state index >= 15 is 0 Å². The van der Waals surface area contributed by atoms with E-state index in [4.69, 9.17) is 34.3 Å². The summed E-state index contributed by atoms with van der Waals surface area (Å²) in [6.07, 6.45) is 0. The first-order chi connectivity index (χ1) is 8.29. The Morgan fingerprint density at radius 2 is 1.89 bits per heavy atom. The predicted octanol–water partition coefficient (Wildman–Crippen LogP) is 2.22. The maximum absolute atomic E-state index is 7.59. The van der Waals surface area contributed by atoms with E-state index in [0.29, 0.717) is 16.6 Å². The Bertz CT molecular complexity index is 425. The summed E-state index contributed by atoms with van der Waals surface area (Å²) in [5.74, 6) is 0.0958. The lowest BCUT2D eigenvalue weighted by Crippen LogP contribution is -2.53. The second-order valence-electron chi connectivity index (χ2n) is 4.73. The van der Waals surface area contributed by atoms with Crippen LogP contribution in [-0.2, 0) is 0 Å². The van der Waals surface area contributed by atoms with Crippen LogP contribution in [0.1, 0.15) is 11.6 Å². The van der Waals surface area contributed by atoms with Crippen LogP contribution < -0.4 is 11.1 Å². The minimum atomic E-state index is -0.0647. The Balaban J connectivity index is 3.08. The van der Waals surface area contributed by atoms with E-state index in [1.807, 2.05) is 27.2 Å². The summed E-state index contributed by atoms with van der Waals surface area (Å²) in [4.78, 5) is 0. The molecule has 0 saturated carbocycles. The molecule has 0 radical (unpaired) electrons. The monoisotopic (exact) mass is 289 g/mol. The van der Waals surface area contributed by atoms with Gasteiger partial charge < -0.3 is 11.1 Å². The van der Waals surface area contributed by atoms with Crippen LogP contribution in [0.25, 0.3) is 0 Å². The maximum atomic E-state index is 7.59. The zero-order valence-electron chi connectivity index (χ0n) is 10.8.